The molecule has 0 aliphatic heterocycles. The number of hydrogen-bond acceptors (Lipinski definition) is 12. The molecule has 0 fully saturated rings. The molecule has 0 aliphatic rings. The summed E-state index contributed by atoms with van der Waals surface area (Å²) in [5.74, 6) is -3.00. The Bertz CT molecular complexity index is 4670. The summed E-state index contributed by atoms with van der Waals surface area (Å²) in [4.78, 5) is 25.8. The number of hydrogen-bond donors (Lipinski definition) is 0. The largest absolute Gasteiger partial charge is 0.425 e. The molecule has 0 aliphatic carbocycles. The monoisotopic (exact) mass is 1580 g/mol. The second-order valence-electron chi connectivity index (χ2n) is 26.2. The minimum Gasteiger partial charge on any atom is -0.425 e. The predicted molar refractivity (Wildman–Crippen MR) is 405 cm³/mol. The van der Waals surface area contributed by atoms with Crippen LogP contribution < -0.4 is 0 Å². The molecule has 0 spiro atoms. The van der Waals surface area contributed by atoms with Gasteiger partial charge in [-0.3, -0.25) is 0 Å². The number of aromatic nitrogens is 8. The average Bonchev–Trinajstić information content (AvgIpc) is 1.83. The van der Waals surface area contributed by atoms with E-state index in [0.717, 1.165) is 68.8 Å². The molecule has 12 aromatic rings. The van der Waals surface area contributed by atoms with Crippen molar-refractivity contribution >= 4 is 80.1 Å². The number of halogens is 13. The Morgan fingerprint density at radius 2 is 0.829 bits per heavy atom. The zero-order valence-electron chi connectivity index (χ0n) is 60.4. The highest BCUT2D eigenvalue weighted by molar-refractivity contribution is 7.12. The summed E-state index contributed by atoms with van der Waals surface area (Å²) in [5, 5.41) is 12.4. The van der Waals surface area contributed by atoms with Gasteiger partial charge in [0.2, 0.25) is 11.8 Å². The van der Waals surface area contributed by atoms with Crippen molar-refractivity contribution in [2.45, 2.75) is 171 Å². The van der Waals surface area contributed by atoms with Gasteiger partial charge in [-0.05, 0) is 72.4 Å². The molecule has 0 atom stereocenters. The summed E-state index contributed by atoms with van der Waals surface area (Å²) >= 11 is 23.6. The molecule has 0 bridgehead atoms. The molecule has 26 heteroatoms. The van der Waals surface area contributed by atoms with Gasteiger partial charge in [0.1, 0.15) is 58.2 Å². The van der Waals surface area contributed by atoms with Gasteiger partial charge >= 0.3 is 0 Å². The third kappa shape index (κ3) is 25.2. The summed E-state index contributed by atoms with van der Waals surface area (Å²) in [7, 11) is 0. The van der Waals surface area contributed by atoms with E-state index in [0.29, 0.717) is 101 Å². The van der Waals surface area contributed by atoms with Gasteiger partial charge in [-0.25, -0.2) is 68.8 Å². The van der Waals surface area contributed by atoms with E-state index in [-0.39, 0.29) is 62.8 Å². The van der Waals surface area contributed by atoms with Crippen LogP contribution in [0.4, 0.5) is 43.9 Å². The molecule has 105 heavy (non-hydrogen) atoms. The van der Waals surface area contributed by atoms with Gasteiger partial charge in [-0.2, -0.15) is 0 Å². The van der Waals surface area contributed by atoms with Crippen molar-refractivity contribution in [1.82, 2.24) is 39.7 Å². The smallest absolute Gasteiger partial charge is 0.221 e. The Morgan fingerprint density at radius 3 is 1.24 bits per heavy atom. The lowest BCUT2D eigenvalue weighted by molar-refractivity contribution is 0.436. The summed E-state index contributed by atoms with van der Waals surface area (Å²) in [6.45, 7) is 29.0. The van der Waals surface area contributed by atoms with E-state index in [9.17, 15) is 43.9 Å². The highest BCUT2D eigenvalue weighted by Gasteiger charge is 2.20. The number of nitrogens with zero attached hydrogens (tertiary/aromatic N) is 8. The Kier molecular flexibility index (Phi) is 32.1. The van der Waals surface area contributed by atoms with Crippen LogP contribution in [0.5, 0.6) is 0 Å². The maximum absolute atomic E-state index is 13.8. The van der Waals surface area contributed by atoms with E-state index in [1.807, 2.05) is 58.5 Å². The zero-order valence-corrected chi connectivity index (χ0v) is 65.9. The Balaban J connectivity index is 0.000000176. The van der Waals surface area contributed by atoms with Crippen LogP contribution in [0.1, 0.15) is 220 Å². The maximum atomic E-state index is 13.8. The highest BCUT2D eigenvalue weighted by atomic mass is 35.5. The van der Waals surface area contributed by atoms with Crippen molar-refractivity contribution in [3.63, 3.8) is 0 Å². The zero-order chi connectivity index (χ0) is 77.1. The van der Waals surface area contributed by atoms with E-state index >= 15 is 0 Å². The van der Waals surface area contributed by atoms with Gasteiger partial charge < -0.3 is 8.98 Å². The van der Waals surface area contributed by atoms with Crippen LogP contribution in [-0.2, 0) is 38.6 Å². The topological polar surface area (TPSA) is 108 Å². The van der Waals surface area contributed by atoms with Crippen LogP contribution in [0.15, 0.2) is 132 Å². The second kappa shape index (κ2) is 39.8. The van der Waals surface area contributed by atoms with Gasteiger partial charge in [-0.15, -0.1) is 55.5 Å². The molecule has 0 radical (unpaired) electrons. The first-order valence-electron chi connectivity index (χ1n) is 33.6. The maximum Gasteiger partial charge on any atom is 0.221 e. The fourth-order valence-corrected chi connectivity index (χ4v) is 14.2. The van der Waals surface area contributed by atoms with Gasteiger partial charge in [-0.1, -0.05) is 166 Å². The van der Waals surface area contributed by atoms with Crippen LogP contribution in [-0.4, -0.2) is 39.7 Å². The van der Waals surface area contributed by atoms with E-state index in [1.54, 1.807) is 101 Å². The molecule has 0 amide bonds. The van der Waals surface area contributed by atoms with Crippen LogP contribution in [0.2, 0.25) is 15.1 Å². The van der Waals surface area contributed by atoms with Gasteiger partial charge in [0.15, 0.2) is 0 Å². The Morgan fingerprint density at radius 1 is 0.410 bits per heavy atom. The SMILES string of the molecule is CC(C)c1cn(Cc2cccc(Cl)c2F)cn1.CC(C)c1ncc(Cc2c(F)cc(F)cc2F)s1.CC(C)c1ncc(Cc2cccc(Cl)c2F)s1.CC(C)c1nnc(Cc2ccc(F)cc2F)o1.Cc1nc(C(C)C)sc1Cc1ccc(F)cc1F.Cc1nc(C(C)C)sc1Cc1cccc(Cl)c1F. The van der Waals surface area contributed by atoms with Crippen LogP contribution in [0.3, 0.4) is 0 Å². The van der Waals surface area contributed by atoms with Gasteiger partial charge in [0.25, 0.3) is 0 Å². The number of rotatable bonds is 18. The minimum atomic E-state index is -0.902. The molecular formula is C79H81Cl3F10N8OS4. The van der Waals surface area contributed by atoms with E-state index < -0.39 is 40.7 Å². The van der Waals surface area contributed by atoms with Crippen LogP contribution >= 0.6 is 80.1 Å². The molecule has 558 valence electrons. The molecule has 9 nitrogen and oxygen atoms in total. The molecule has 12 rings (SSSR count). The number of thiazole rings is 4. The lowest BCUT2D eigenvalue weighted by atomic mass is 10.1. The molecule has 6 aromatic heterocycles. The van der Waals surface area contributed by atoms with Crippen LogP contribution in [0, 0.1) is 72.0 Å². The summed E-state index contributed by atoms with van der Waals surface area (Å²) in [5.41, 5.74) is 5.49. The molecule has 0 unspecified atom stereocenters. The molecule has 6 aromatic carbocycles. The van der Waals surface area contributed by atoms with Crippen LogP contribution in [0.25, 0.3) is 0 Å². The Labute approximate surface area is 637 Å². The number of benzene rings is 6. The fraction of sp³-hybridized carbons (Fsp3) is 0.329. The van der Waals surface area contributed by atoms with Gasteiger partial charge in [0.05, 0.1) is 71.5 Å². The minimum absolute atomic E-state index is 0.0995. The molecule has 0 N–H and O–H groups in total. The van der Waals surface area contributed by atoms with Crippen molar-refractivity contribution in [2.24, 2.45) is 0 Å². The lowest BCUT2D eigenvalue weighted by Gasteiger charge is -2.05. The van der Waals surface area contributed by atoms with Crippen molar-refractivity contribution in [3.8, 4) is 0 Å². The van der Waals surface area contributed by atoms with Crippen molar-refractivity contribution in [1.29, 1.82) is 0 Å². The Hall–Kier alpha value is -7.64. The average molecular weight is 1580 g/mol. The number of imidazole rings is 1. The second-order valence-corrected chi connectivity index (χ2v) is 32.0. The standard InChI is InChI=1S/C14H15ClFNS.C14H15F2NS.C13H14ClFN2.C13H13ClFNS.C13H12F3NS.C12H12F2N2O/c1-8(2)14-17-9(3)12(18-14)7-10-5-4-6-11(15)13(10)16;1-8(2)14-17-9(3)13(18-14)6-10-4-5-11(15)7-12(10)16;1-9(2)12-7-17(8-16-12)6-10-4-3-5-11(14)13(10)15;1-8(2)13-16-7-10(17-13)6-9-4-3-5-11(14)12(9)15;1-7(2)13-17-6-9(18-13)5-10-11(15)3-8(14)4-12(10)16;1-7(2)12-16-15-11(17-12)5-8-3-4-9(13)6-10(8)14/h4-6,8H,7H2,1-3H3;4-5,7-8H,6H2,1-3H3;3-5,7-9H,6H2,1-2H3;3-5,7-8H,6H2,1-2H3;3-4,6-7H,5H2,1-2H3;3-4,6-7H,5H2,1-2H3. The fourth-order valence-electron chi connectivity index (χ4n) is 9.58. The normalized spacial score (nSPS) is 11.2. The van der Waals surface area contributed by atoms with Crippen molar-refractivity contribution < 1.29 is 48.3 Å². The number of aryl methyl sites for hydroxylation is 2. The van der Waals surface area contributed by atoms with Gasteiger partial charge in [0, 0.05) is 129 Å². The highest BCUT2D eigenvalue weighted by Crippen LogP contribution is 2.32. The lowest BCUT2D eigenvalue weighted by Crippen LogP contribution is -1.99. The summed E-state index contributed by atoms with van der Waals surface area (Å²) in [6.07, 6.45) is 8.94. The molecule has 0 saturated carbocycles. The third-order valence-corrected chi connectivity index (χ3v) is 21.9. The molecule has 6 heterocycles. The van der Waals surface area contributed by atoms with Crippen molar-refractivity contribution in [2.75, 3.05) is 0 Å². The van der Waals surface area contributed by atoms with E-state index in [2.05, 4.69) is 90.5 Å². The van der Waals surface area contributed by atoms with E-state index in [1.165, 1.54) is 35.6 Å². The van der Waals surface area contributed by atoms with E-state index in [4.69, 9.17) is 39.2 Å². The predicted octanol–water partition coefficient (Wildman–Crippen LogP) is 25.2. The third-order valence-electron chi connectivity index (χ3n) is 15.5. The quantitative estimate of drug-likeness (QED) is 0.0782. The summed E-state index contributed by atoms with van der Waals surface area (Å²) in [6, 6.07) is 23.8. The molecular weight excluding hydrogens is 1500 g/mol. The first-order chi connectivity index (χ1) is 49.6. The first kappa shape index (κ1) is 84.6. The summed E-state index contributed by atoms with van der Waals surface area (Å²) < 4.78 is 141. The molecule has 0 saturated heterocycles. The first-order valence-corrected chi connectivity index (χ1v) is 38.0. The van der Waals surface area contributed by atoms with Crippen molar-refractivity contribution in [3.05, 3.63) is 303 Å².